The van der Waals surface area contributed by atoms with E-state index in [2.05, 4.69) is 107 Å². The second kappa shape index (κ2) is 11.6. The Labute approximate surface area is 299 Å². The van der Waals surface area contributed by atoms with E-state index in [9.17, 15) is 0 Å². The molecular weight excluding hydrogens is 629 g/mol. The lowest BCUT2D eigenvalue weighted by Gasteiger charge is -2.10. The van der Waals surface area contributed by atoms with Crippen LogP contribution in [0.3, 0.4) is 0 Å². The standard InChI is InChI=1S/C45H28N4S/c1-4-13-29(14-5-1)32-23-25-35-34-19-10-11-21-38(34)49(40(35)27-32)39-22-12-20-37-36-26-24-33(28-41(36)50-42(37)39)45-47-43(30-15-6-2-7-16-30)46-44(48-45)31-17-8-3-9-18-31/h1-28H/i2D,6D,7D,15D,16D. The summed E-state index contributed by atoms with van der Waals surface area (Å²) in [7, 11) is 0. The van der Waals surface area contributed by atoms with Crippen molar-refractivity contribution in [3.05, 3.63) is 170 Å². The van der Waals surface area contributed by atoms with Crippen molar-refractivity contribution in [1.82, 2.24) is 19.5 Å². The molecule has 3 aromatic heterocycles. The minimum atomic E-state index is -0.469. The summed E-state index contributed by atoms with van der Waals surface area (Å²) in [6.07, 6.45) is 0. The number of aromatic nitrogens is 4. The Morgan fingerprint density at radius 3 is 1.86 bits per heavy atom. The van der Waals surface area contributed by atoms with Gasteiger partial charge in [0.05, 0.1) is 28.3 Å². The molecule has 0 saturated heterocycles. The van der Waals surface area contributed by atoms with Crippen molar-refractivity contribution in [3.8, 4) is 51.0 Å². The van der Waals surface area contributed by atoms with E-state index in [1.807, 2.05) is 42.5 Å². The van der Waals surface area contributed by atoms with E-state index in [-0.39, 0.29) is 23.5 Å². The quantitative estimate of drug-likeness (QED) is 0.184. The lowest BCUT2D eigenvalue weighted by atomic mass is 10.0. The Morgan fingerprint density at radius 1 is 0.440 bits per heavy atom. The molecule has 0 saturated carbocycles. The van der Waals surface area contributed by atoms with Crippen molar-refractivity contribution < 1.29 is 6.85 Å². The van der Waals surface area contributed by atoms with E-state index in [0.29, 0.717) is 17.2 Å². The number of fused-ring (bicyclic) bond motifs is 6. The second-order valence-electron chi connectivity index (χ2n) is 12.1. The topological polar surface area (TPSA) is 43.6 Å². The molecule has 0 atom stereocenters. The first kappa shape index (κ1) is 23.8. The summed E-state index contributed by atoms with van der Waals surface area (Å²) in [5.74, 6) is 0.694. The SMILES string of the molecule is [2H]c1c([2H])c([2H])c(-c2nc(-c3ccccc3)nc(-c3ccc4c(c3)sc3c(-n5c6ccccc6c6ccc(-c7ccccc7)cc65)cccc34)n2)c([2H])c1[2H]. The number of para-hydroxylation sites is 1. The van der Waals surface area contributed by atoms with Crippen molar-refractivity contribution in [2.24, 2.45) is 0 Å². The van der Waals surface area contributed by atoms with Crippen LogP contribution in [0.25, 0.3) is 93.0 Å². The fourth-order valence-electron chi connectivity index (χ4n) is 6.83. The lowest BCUT2D eigenvalue weighted by molar-refractivity contribution is 1.07. The van der Waals surface area contributed by atoms with Gasteiger partial charge in [-0.25, -0.2) is 15.0 Å². The summed E-state index contributed by atoms with van der Waals surface area (Å²) < 4.78 is 46.6. The van der Waals surface area contributed by atoms with Crippen LogP contribution in [0.4, 0.5) is 0 Å². The van der Waals surface area contributed by atoms with Crippen LogP contribution in [-0.4, -0.2) is 19.5 Å². The van der Waals surface area contributed by atoms with Crippen LogP contribution >= 0.6 is 11.3 Å². The molecule has 234 valence electrons. The summed E-state index contributed by atoms with van der Waals surface area (Å²) >= 11 is 1.70. The molecule has 0 bridgehead atoms. The van der Waals surface area contributed by atoms with Crippen LogP contribution in [0, 0.1) is 0 Å². The van der Waals surface area contributed by atoms with Crippen LogP contribution < -0.4 is 0 Å². The van der Waals surface area contributed by atoms with Crippen molar-refractivity contribution in [2.75, 3.05) is 0 Å². The molecule has 10 aromatic rings. The maximum absolute atomic E-state index is 8.65. The fraction of sp³-hybridized carbons (Fsp3) is 0. The van der Waals surface area contributed by atoms with E-state index in [1.54, 1.807) is 11.3 Å². The molecule has 3 heterocycles. The zero-order valence-corrected chi connectivity index (χ0v) is 27.3. The average Bonchev–Trinajstić information content (AvgIpc) is 3.78. The first-order valence-electron chi connectivity index (χ1n) is 18.8. The zero-order valence-electron chi connectivity index (χ0n) is 31.5. The second-order valence-corrected chi connectivity index (χ2v) is 13.1. The highest BCUT2D eigenvalue weighted by Gasteiger charge is 2.18. The molecule has 0 amide bonds. The minimum Gasteiger partial charge on any atom is -0.308 e. The smallest absolute Gasteiger partial charge is 0.164 e. The molecule has 0 aliphatic rings. The fourth-order valence-corrected chi connectivity index (χ4v) is 8.08. The van der Waals surface area contributed by atoms with Gasteiger partial charge in [-0.05, 0) is 35.4 Å². The van der Waals surface area contributed by atoms with Crippen molar-refractivity contribution >= 4 is 53.3 Å². The Balaban J connectivity index is 1.18. The highest BCUT2D eigenvalue weighted by molar-refractivity contribution is 7.26. The third-order valence-electron chi connectivity index (χ3n) is 9.15. The predicted octanol–water partition coefficient (Wildman–Crippen LogP) is 12.0. The van der Waals surface area contributed by atoms with E-state index in [1.165, 1.54) is 10.8 Å². The Bertz CT molecular complexity index is 3130. The number of hydrogen-bond donors (Lipinski definition) is 0. The van der Waals surface area contributed by atoms with Gasteiger partial charge in [0, 0.05) is 42.9 Å². The van der Waals surface area contributed by atoms with Crippen LogP contribution in [0.5, 0.6) is 0 Å². The summed E-state index contributed by atoms with van der Waals surface area (Å²) in [4.78, 5) is 14.3. The zero-order chi connectivity index (χ0) is 37.4. The molecule has 0 spiro atoms. The summed E-state index contributed by atoms with van der Waals surface area (Å²) in [6.45, 7) is 0. The molecule has 0 aliphatic heterocycles. The van der Waals surface area contributed by atoms with Gasteiger partial charge in [0.1, 0.15) is 0 Å². The average molecular weight is 662 g/mol. The first-order valence-corrected chi connectivity index (χ1v) is 17.1. The third-order valence-corrected chi connectivity index (χ3v) is 10.3. The number of rotatable bonds is 5. The van der Waals surface area contributed by atoms with Crippen molar-refractivity contribution in [2.45, 2.75) is 0 Å². The normalized spacial score (nSPS) is 13.0. The van der Waals surface area contributed by atoms with Gasteiger partial charge in [0.15, 0.2) is 17.5 Å². The molecule has 0 radical (unpaired) electrons. The van der Waals surface area contributed by atoms with Gasteiger partial charge in [-0.2, -0.15) is 0 Å². The Kier molecular flexibility index (Phi) is 5.54. The van der Waals surface area contributed by atoms with Crippen LogP contribution in [0.1, 0.15) is 6.85 Å². The Hall–Kier alpha value is -6.43. The number of hydrogen-bond acceptors (Lipinski definition) is 4. The monoisotopic (exact) mass is 661 g/mol. The van der Waals surface area contributed by atoms with E-state index >= 15 is 0 Å². The molecule has 4 nitrogen and oxygen atoms in total. The molecular formula is C45H28N4S. The van der Waals surface area contributed by atoms with Crippen LogP contribution in [0.15, 0.2) is 170 Å². The van der Waals surface area contributed by atoms with E-state index < -0.39 is 18.1 Å². The molecule has 50 heavy (non-hydrogen) atoms. The van der Waals surface area contributed by atoms with Gasteiger partial charge < -0.3 is 4.57 Å². The van der Waals surface area contributed by atoms with Crippen LogP contribution in [-0.2, 0) is 0 Å². The highest BCUT2D eigenvalue weighted by atomic mass is 32.1. The molecule has 10 rings (SSSR count). The molecule has 5 heteroatoms. The largest absolute Gasteiger partial charge is 0.308 e. The molecule has 7 aromatic carbocycles. The minimum absolute atomic E-state index is 0.0146. The number of thiophene rings is 1. The Morgan fingerprint density at radius 2 is 1.06 bits per heavy atom. The lowest BCUT2D eigenvalue weighted by Crippen LogP contribution is -1.99. The molecule has 0 aliphatic carbocycles. The summed E-state index contributed by atoms with van der Waals surface area (Å²) in [5, 5.41) is 4.61. The molecule has 0 fully saturated rings. The van der Waals surface area contributed by atoms with Gasteiger partial charge in [-0.1, -0.05) is 145 Å². The van der Waals surface area contributed by atoms with E-state index in [4.69, 9.17) is 16.8 Å². The summed E-state index contributed by atoms with van der Waals surface area (Å²) in [5.41, 5.74) is 7.04. The van der Waals surface area contributed by atoms with Crippen molar-refractivity contribution in [1.29, 1.82) is 0 Å². The van der Waals surface area contributed by atoms with Gasteiger partial charge in [0.2, 0.25) is 0 Å². The summed E-state index contributed by atoms with van der Waals surface area (Å²) in [6, 6.07) is 45.6. The third kappa shape index (κ3) is 4.71. The molecule has 0 N–H and O–H groups in total. The number of nitrogens with zero attached hydrogens (tertiary/aromatic N) is 4. The van der Waals surface area contributed by atoms with E-state index in [0.717, 1.165) is 53.6 Å². The number of benzene rings is 7. The maximum Gasteiger partial charge on any atom is 0.164 e. The van der Waals surface area contributed by atoms with Gasteiger partial charge in [0.25, 0.3) is 0 Å². The predicted molar refractivity (Wildman–Crippen MR) is 209 cm³/mol. The van der Waals surface area contributed by atoms with Gasteiger partial charge in [-0.15, -0.1) is 11.3 Å². The van der Waals surface area contributed by atoms with Gasteiger partial charge >= 0.3 is 0 Å². The van der Waals surface area contributed by atoms with Gasteiger partial charge in [-0.3, -0.25) is 0 Å². The van der Waals surface area contributed by atoms with Crippen molar-refractivity contribution in [3.63, 3.8) is 0 Å². The molecule has 0 unspecified atom stereocenters. The van der Waals surface area contributed by atoms with Crippen LogP contribution in [0.2, 0.25) is 0 Å². The highest BCUT2D eigenvalue weighted by Crippen LogP contribution is 2.42. The maximum atomic E-state index is 8.65. The first-order chi connectivity index (χ1) is 26.9.